The van der Waals surface area contributed by atoms with Gasteiger partial charge in [-0.1, -0.05) is 23.9 Å². The normalized spacial score (nSPS) is 11.6. The molecular weight excluding hydrogens is 332 g/mol. The van der Waals surface area contributed by atoms with Gasteiger partial charge in [-0.25, -0.2) is 9.97 Å². The van der Waals surface area contributed by atoms with Gasteiger partial charge >= 0.3 is 0 Å². The summed E-state index contributed by atoms with van der Waals surface area (Å²) in [4.78, 5) is 21.2. The second kappa shape index (κ2) is 8.63. The summed E-state index contributed by atoms with van der Waals surface area (Å²) in [6, 6.07) is 9.25. The first-order valence-electron chi connectivity index (χ1n) is 8.12. The van der Waals surface area contributed by atoms with Gasteiger partial charge in [0.2, 0.25) is 5.91 Å². The van der Waals surface area contributed by atoms with E-state index in [1.54, 1.807) is 12.1 Å². The largest absolute Gasteiger partial charge is 0.350 e. The number of benzene rings is 1. The molecule has 1 unspecified atom stereocenters. The van der Waals surface area contributed by atoms with E-state index in [0.29, 0.717) is 18.4 Å². The van der Waals surface area contributed by atoms with Gasteiger partial charge < -0.3 is 5.32 Å². The van der Waals surface area contributed by atoms with Gasteiger partial charge in [-0.05, 0) is 56.7 Å². The van der Waals surface area contributed by atoms with Crippen LogP contribution >= 0.6 is 11.8 Å². The van der Waals surface area contributed by atoms with E-state index in [0.717, 1.165) is 27.7 Å². The topological polar surface area (TPSA) is 78.7 Å². The number of thioether (sulfide) groups is 1. The van der Waals surface area contributed by atoms with E-state index in [9.17, 15) is 4.79 Å². The van der Waals surface area contributed by atoms with Crippen LogP contribution in [0.5, 0.6) is 0 Å². The van der Waals surface area contributed by atoms with Crippen molar-refractivity contribution in [3.8, 4) is 6.07 Å². The Bertz CT molecular complexity index is 773. The Morgan fingerprint density at radius 3 is 2.36 bits per heavy atom. The minimum atomic E-state index is -0.0995. The van der Waals surface area contributed by atoms with Gasteiger partial charge in [0.1, 0.15) is 0 Å². The van der Waals surface area contributed by atoms with Crippen LogP contribution in [0.3, 0.4) is 0 Å². The van der Waals surface area contributed by atoms with E-state index in [2.05, 4.69) is 21.4 Å². The standard InChI is InChI=1S/C19H22N4OS/c1-12(16-7-5-15(11-20)6-8-16)21-18(24)10-9-17-13(2)22-19(25-4)23-14(17)3/h5-8,12H,9-10H2,1-4H3,(H,21,24). The molecule has 1 amide bonds. The fraction of sp³-hybridized carbons (Fsp3) is 0.368. The van der Waals surface area contributed by atoms with Crippen molar-refractivity contribution in [2.45, 2.75) is 44.8 Å². The first-order valence-corrected chi connectivity index (χ1v) is 9.34. The molecule has 0 saturated carbocycles. The maximum atomic E-state index is 12.3. The number of hydrogen-bond donors (Lipinski definition) is 1. The number of aromatic nitrogens is 2. The van der Waals surface area contributed by atoms with Crippen LogP contribution in [0.25, 0.3) is 0 Å². The molecule has 0 aliphatic heterocycles. The molecule has 1 atom stereocenters. The first kappa shape index (κ1) is 18.9. The molecule has 5 nitrogen and oxygen atoms in total. The molecule has 2 aromatic rings. The average molecular weight is 354 g/mol. The molecule has 6 heteroatoms. The third kappa shape index (κ3) is 5.04. The van der Waals surface area contributed by atoms with E-state index >= 15 is 0 Å². The van der Waals surface area contributed by atoms with Crippen LogP contribution in [-0.4, -0.2) is 22.1 Å². The zero-order valence-electron chi connectivity index (χ0n) is 15.0. The Balaban J connectivity index is 1.95. The molecule has 0 radical (unpaired) electrons. The maximum Gasteiger partial charge on any atom is 0.220 e. The molecule has 0 bridgehead atoms. The Hall–Kier alpha value is -2.39. The zero-order valence-corrected chi connectivity index (χ0v) is 15.8. The molecule has 0 aliphatic rings. The van der Waals surface area contributed by atoms with Gasteiger partial charge in [0.15, 0.2) is 5.16 Å². The summed E-state index contributed by atoms with van der Waals surface area (Å²) in [6.45, 7) is 5.86. The summed E-state index contributed by atoms with van der Waals surface area (Å²) in [5, 5.41) is 12.6. The molecule has 1 aromatic heterocycles. The minimum Gasteiger partial charge on any atom is -0.350 e. The second-order valence-electron chi connectivity index (χ2n) is 5.88. The minimum absolute atomic E-state index is 0.00963. The van der Waals surface area contributed by atoms with Crippen molar-refractivity contribution < 1.29 is 4.79 Å². The van der Waals surface area contributed by atoms with Crippen molar-refractivity contribution in [1.29, 1.82) is 5.26 Å². The van der Waals surface area contributed by atoms with Crippen molar-refractivity contribution in [3.63, 3.8) is 0 Å². The number of carbonyl (C=O) groups excluding carboxylic acids is 1. The molecule has 1 aromatic carbocycles. The number of nitrogens with one attached hydrogen (secondary N) is 1. The first-order chi connectivity index (χ1) is 11.9. The lowest BCUT2D eigenvalue weighted by molar-refractivity contribution is -0.121. The maximum absolute atomic E-state index is 12.3. The van der Waals surface area contributed by atoms with E-state index in [-0.39, 0.29) is 11.9 Å². The van der Waals surface area contributed by atoms with Crippen LogP contribution in [0.4, 0.5) is 0 Å². The Labute approximate surface area is 152 Å². The molecule has 25 heavy (non-hydrogen) atoms. The summed E-state index contributed by atoms with van der Waals surface area (Å²) in [7, 11) is 0. The van der Waals surface area contributed by atoms with Crippen LogP contribution in [0.2, 0.25) is 0 Å². The summed E-state index contributed by atoms with van der Waals surface area (Å²) in [5.74, 6) is -0.00963. The molecule has 0 saturated heterocycles. The summed E-state index contributed by atoms with van der Waals surface area (Å²) in [5.41, 5.74) is 4.50. The van der Waals surface area contributed by atoms with Crippen LogP contribution in [0, 0.1) is 25.2 Å². The number of rotatable bonds is 6. The summed E-state index contributed by atoms with van der Waals surface area (Å²) in [6.07, 6.45) is 2.97. The van der Waals surface area contributed by atoms with Gasteiger partial charge in [-0.2, -0.15) is 5.26 Å². The highest BCUT2D eigenvalue weighted by Gasteiger charge is 2.13. The number of aryl methyl sites for hydroxylation is 2. The number of nitriles is 1. The third-order valence-corrected chi connectivity index (χ3v) is 4.65. The Morgan fingerprint density at radius 1 is 1.24 bits per heavy atom. The van der Waals surface area contributed by atoms with Crippen LogP contribution in [0.15, 0.2) is 29.4 Å². The van der Waals surface area contributed by atoms with E-state index < -0.39 is 0 Å². The van der Waals surface area contributed by atoms with E-state index in [1.807, 2.05) is 39.2 Å². The number of carbonyl (C=O) groups is 1. The lowest BCUT2D eigenvalue weighted by Gasteiger charge is -2.15. The highest BCUT2D eigenvalue weighted by atomic mass is 32.2. The Morgan fingerprint density at radius 2 is 1.84 bits per heavy atom. The molecule has 2 rings (SSSR count). The molecule has 1 N–H and O–H groups in total. The van der Waals surface area contributed by atoms with Crippen molar-refractivity contribution in [1.82, 2.24) is 15.3 Å². The number of hydrogen-bond acceptors (Lipinski definition) is 5. The smallest absolute Gasteiger partial charge is 0.220 e. The van der Waals surface area contributed by atoms with Crippen LogP contribution in [-0.2, 0) is 11.2 Å². The average Bonchev–Trinajstić information content (AvgIpc) is 2.60. The van der Waals surface area contributed by atoms with E-state index in [1.165, 1.54) is 11.8 Å². The van der Waals surface area contributed by atoms with Gasteiger partial charge in [0.05, 0.1) is 17.7 Å². The molecule has 1 heterocycles. The summed E-state index contributed by atoms with van der Waals surface area (Å²) >= 11 is 1.52. The predicted molar refractivity (Wildman–Crippen MR) is 99.3 cm³/mol. The molecule has 130 valence electrons. The van der Waals surface area contributed by atoms with Gasteiger partial charge in [-0.15, -0.1) is 0 Å². The Kier molecular flexibility index (Phi) is 6.54. The fourth-order valence-electron chi connectivity index (χ4n) is 2.64. The number of amides is 1. The van der Waals surface area contributed by atoms with Crippen molar-refractivity contribution in [3.05, 3.63) is 52.3 Å². The van der Waals surface area contributed by atoms with E-state index in [4.69, 9.17) is 5.26 Å². The SMILES string of the molecule is CSc1nc(C)c(CCC(=O)NC(C)c2ccc(C#N)cc2)c(C)n1. The fourth-order valence-corrected chi connectivity index (χ4v) is 3.10. The molecule has 0 spiro atoms. The van der Waals surface area contributed by atoms with Gasteiger partial charge in [-0.3, -0.25) is 4.79 Å². The van der Waals surface area contributed by atoms with Crippen molar-refractivity contribution >= 4 is 17.7 Å². The van der Waals surface area contributed by atoms with Gasteiger partial charge in [0, 0.05) is 17.8 Å². The molecule has 0 aliphatic carbocycles. The highest BCUT2D eigenvalue weighted by molar-refractivity contribution is 7.98. The number of nitrogens with zero attached hydrogens (tertiary/aromatic N) is 3. The monoisotopic (exact) mass is 354 g/mol. The molecular formula is C19H22N4OS. The highest BCUT2D eigenvalue weighted by Crippen LogP contribution is 2.18. The molecule has 0 fully saturated rings. The summed E-state index contributed by atoms with van der Waals surface area (Å²) < 4.78 is 0. The van der Waals surface area contributed by atoms with Crippen LogP contribution in [0.1, 0.15) is 47.5 Å². The predicted octanol–water partition coefficient (Wildman–Crippen LogP) is 3.50. The second-order valence-corrected chi connectivity index (χ2v) is 6.66. The van der Waals surface area contributed by atoms with Gasteiger partial charge in [0.25, 0.3) is 0 Å². The van der Waals surface area contributed by atoms with Crippen molar-refractivity contribution in [2.75, 3.05) is 6.26 Å². The van der Waals surface area contributed by atoms with Crippen molar-refractivity contribution in [2.24, 2.45) is 0 Å². The third-order valence-electron chi connectivity index (χ3n) is 4.10. The zero-order chi connectivity index (χ0) is 18.4. The quantitative estimate of drug-likeness (QED) is 0.634. The lowest BCUT2D eigenvalue weighted by atomic mass is 10.0. The lowest BCUT2D eigenvalue weighted by Crippen LogP contribution is -2.27. The van der Waals surface area contributed by atoms with Crippen LogP contribution < -0.4 is 5.32 Å².